The number of quaternary nitrogens is 1. The first-order chi connectivity index (χ1) is 11.7. The van der Waals surface area contributed by atoms with E-state index in [1.807, 2.05) is 0 Å². The van der Waals surface area contributed by atoms with E-state index in [9.17, 15) is 4.39 Å². The summed E-state index contributed by atoms with van der Waals surface area (Å²) in [7, 11) is 0. The van der Waals surface area contributed by atoms with Gasteiger partial charge in [-0.3, -0.25) is 0 Å². The highest BCUT2D eigenvalue weighted by molar-refractivity contribution is 8.00. The van der Waals surface area contributed by atoms with Crippen LogP contribution in [0.3, 0.4) is 0 Å². The van der Waals surface area contributed by atoms with Gasteiger partial charge >= 0.3 is 0 Å². The Hall–Kier alpha value is -1.22. The molecule has 3 aromatic rings. The van der Waals surface area contributed by atoms with Gasteiger partial charge in [-0.2, -0.15) is 4.52 Å². The van der Waals surface area contributed by atoms with Gasteiger partial charge in [0.1, 0.15) is 5.82 Å². The Morgan fingerprint density at radius 3 is 2.92 bits per heavy atom. The maximum absolute atomic E-state index is 13.8. The molecule has 0 aliphatic rings. The Kier molecular flexibility index (Phi) is 6.04. The first-order valence-corrected chi connectivity index (χ1v) is 9.93. The quantitative estimate of drug-likeness (QED) is 0.476. The second kappa shape index (κ2) is 8.24. The van der Waals surface area contributed by atoms with E-state index in [0.29, 0.717) is 16.3 Å². The third-order valence-corrected chi connectivity index (χ3v) is 6.00. The third-order valence-electron chi connectivity index (χ3n) is 3.59. The van der Waals surface area contributed by atoms with Gasteiger partial charge in [0.05, 0.1) is 6.54 Å². The zero-order chi connectivity index (χ0) is 16.9. The van der Waals surface area contributed by atoms with E-state index in [-0.39, 0.29) is 5.82 Å². The molecular formula is C15H18ClFN5S2+. The van der Waals surface area contributed by atoms with Crippen molar-refractivity contribution in [2.75, 3.05) is 6.54 Å². The molecule has 9 heteroatoms. The number of aryl methyl sites for hydroxylation is 1. The fourth-order valence-electron chi connectivity index (χ4n) is 2.29. The molecule has 3 N–H and O–H groups in total. The van der Waals surface area contributed by atoms with Crippen LogP contribution in [0.15, 0.2) is 22.5 Å². The van der Waals surface area contributed by atoms with Crippen molar-refractivity contribution < 1.29 is 10.1 Å². The molecular weight excluding hydrogens is 369 g/mol. The topological polar surface area (TPSA) is 70.7 Å². The molecule has 0 amide bonds. The van der Waals surface area contributed by atoms with Crippen LogP contribution in [0.4, 0.5) is 4.39 Å². The summed E-state index contributed by atoms with van der Waals surface area (Å²) in [5, 5.41) is 13.3. The fraction of sp³-hybridized carbons (Fsp3) is 0.400. The van der Waals surface area contributed by atoms with Crippen LogP contribution in [0.1, 0.15) is 30.7 Å². The van der Waals surface area contributed by atoms with Gasteiger partial charge in [-0.25, -0.2) is 4.39 Å². The van der Waals surface area contributed by atoms with Crippen LogP contribution in [0, 0.1) is 5.82 Å². The van der Waals surface area contributed by atoms with Crippen LogP contribution < -0.4 is 5.73 Å². The standard InChI is InChI=1S/C15H17ClFN5S2/c16-11-5-4-6-12(17)10(11)9-23-15-21-22-13(7-2-1-3-8-18)19-20-14(22)24-15/h4-6H,1-3,7-9,18H2/p+1. The molecule has 0 bridgehead atoms. The Bertz CT molecular complexity index is 799. The zero-order valence-electron chi connectivity index (χ0n) is 13.0. The largest absolute Gasteiger partial charge is 0.358 e. The Morgan fingerprint density at radius 1 is 1.25 bits per heavy atom. The van der Waals surface area contributed by atoms with E-state index in [0.717, 1.165) is 47.4 Å². The van der Waals surface area contributed by atoms with E-state index >= 15 is 0 Å². The number of unbranched alkanes of at least 4 members (excludes halogenated alkanes) is 2. The molecule has 0 saturated heterocycles. The van der Waals surface area contributed by atoms with Crippen molar-refractivity contribution in [3.63, 3.8) is 0 Å². The molecule has 3 rings (SSSR count). The van der Waals surface area contributed by atoms with Gasteiger partial charge in [0.2, 0.25) is 4.96 Å². The highest BCUT2D eigenvalue weighted by atomic mass is 35.5. The molecule has 0 spiro atoms. The van der Waals surface area contributed by atoms with E-state index in [1.165, 1.54) is 29.2 Å². The van der Waals surface area contributed by atoms with Gasteiger partial charge < -0.3 is 5.73 Å². The van der Waals surface area contributed by atoms with Gasteiger partial charge in [-0.05, 0) is 31.4 Å². The molecule has 5 nitrogen and oxygen atoms in total. The molecule has 0 atom stereocenters. The zero-order valence-corrected chi connectivity index (χ0v) is 15.4. The highest BCUT2D eigenvalue weighted by Gasteiger charge is 2.14. The van der Waals surface area contributed by atoms with Gasteiger partial charge in [0.25, 0.3) is 0 Å². The molecule has 0 aliphatic heterocycles. The molecule has 2 heterocycles. The lowest BCUT2D eigenvalue weighted by molar-refractivity contribution is -0.368. The van der Waals surface area contributed by atoms with Crippen molar-refractivity contribution in [1.29, 1.82) is 0 Å². The van der Waals surface area contributed by atoms with Crippen molar-refractivity contribution in [3.05, 3.63) is 40.4 Å². The van der Waals surface area contributed by atoms with Crippen LogP contribution in [0.25, 0.3) is 4.96 Å². The number of fused-ring (bicyclic) bond motifs is 1. The summed E-state index contributed by atoms with van der Waals surface area (Å²) in [6.07, 6.45) is 4.18. The number of halogens is 2. The molecule has 1 aromatic carbocycles. The van der Waals surface area contributed by atoms with Crippen molar-refractivity contribution in [3.8, 4) is 0 Å². The maximum atomic E-state index is 13.8. The minimum atomic E-state index is -0.288. The average Bonchev–Trinajstić information content (AvgIpc) is 3.12. The number of rotatable bonds is 8. The Morgan fingerprint density at radius 2 is 2.12 bits per heavy atom. The summed E-state index contributed by atoms with van der Waals surface area (Å²) in [6, 6.07) is 4.73. The lowest BCUT2D eigenvalue weighted by atomic mass is 10.2. The SMILES string of the molecule is [NH3+]CCCCCc1nnc2sc(SCc3c(F)cccc3Cl)nn12. The number of hydrogen-bond acceptors (Lipinski definition) is 5. The second-order valence-corrected chi connectivity index (χ2v) is 7.92. The summed E-state index contributed by atoms with van der Waals surface area (Å²) in [6.45, 7) is 0.964. The summed E-state index contributed by atoms with van der Waals surface area (Å²) >= 11 is 8.98. The summed E-state index contributed by atoms with van der Waals surface area (Å²) in [4.78, 5) is 0.768. The molecule has 2 aromatic heterocycles. The summed E-state index contributed by atoms with van der Waals surface area (Å²) < 4.78 is 16.4. The molecule has 24 heavy (non-hydrogen) atoms. The molecule has 128 valence electrons. The van der Waals surface area contributed by atoms with Crippen molar-refractivity contribution in [1.82, 2.24) is 19.8 Å². The average molecular weight is 387 g/mol. The lowest BCUT2D eigenvalue weighted by Gasteiger charge is -2.03. The lowest BCUT2D eigenvalue weighted by Crippen LogP contribution is -2.50. The number of hydrogen-bond donors (Lipinski definition) is 1. The molecule has 0 radical (unpaired) electrons. The molecule has 0 fully saturated rings. The Labute approximate surface area is 152 Å². The van der Waals surface area contributed by atoms with Crippen LogP contribution in [-0.2, 0) is 12.2 Å². The first-order valence-electron chi connectivity index (χ1n) is 7.75. The predicted molar refractivity (Wildman–Crippen MR) is 94.9 cm³/mol. The molecule has 0 unspecified atom stereocenters. The summed E-state index contributed by atoms with van der Waals surface area (Å²) in [5.41, 5.74) is 4.35. The maximum Gasteiger partial charge on any atom is 0.235 e. The smallest absolute Gasteiger partial charge is 0.235 e. The fourth-order valence-corrected chi connectivity index (χ4v) is 4.53. The van der Waals surface area contributed by atoms with Gasteiger partial charge in [-0.1, -0.05) is 40.8 Å². The molecule has 0 saturated carbocycles. The van der Waals surface area contributed by atoms with Gasteiger partial charge in [0.15, 0.2) is 10.2 Å². The van der Waals surface area contributed by atoms with Crippen LogP contribution in [0.2, 0.25) is 5.02 Å². The first kappa shape index (κ1) is 17.6. The minimum Gasteiger partial charge on any atom is -0.358 e. The number of benzene rings is 1. The van der Waals surface area contributed by atoms with Crippen LogP contribution >= 0.6 is 34.7 Å². The monoisotopic (exact) mass is 386 g/mol. The van der Waals surface area contributed by atoms with Crippen LogP contribution in [-0.4, -0.2) is 26.4 Å². The number of nitrogens with zero attached hydrogens (tertiary/aromatic N) is 4. The van der Waals surface area contributed by atoms with E-state index < -0.39 is 0 Å². The Balaban J connectivity index is 1.67. The minimum absolute atomic E-state index is 0.288. The van der Waals surface area contributed by atoms with Crippen molar-refractivity contribution in [2.45, 2.75) is 35.8 Å². The number of aromatic nitrogens is 4. The molecule has 0 aliphatic carbocycles. The normalized spacial score (nSPS) is 11.5. The van der Waals surface area contributed by atoms with Gasteiger partial charge in [0, 0.05) is 22.8 Å². The van der Waals surface area contributed by atoms with Crippen molar-refractivity contribution in [2.24, 2.45) is 0 Å². The van der Waals surface area contributed by atoms with Gasteiger partial charge in [-0.15, -0.1) is 15.3 Å². The van der Waals surface area contributed by atoms with E-state index in [1.54, 1.807) is 16.6 Å². The van der Waals surface area contributed by atoms with Crippen LogP contribution in [0.5, 0.6) is 0 Å². The third kappa shape index (κ3) is 4.05. The second-order valence-electron chi connectivity index (χ2n) is 5.33. The van der Waals surface area contributed by atoms with Crippen molar-refractivity contribution >= 4 is 39.7 Å². The predicted octanol–water partition coefficient (Wildman–Crippen LogP) is 3.23. The highest BCUT2D eigenvalue weighted by Crippen LogP contribution is 2.31. The summed E-state index contributed by atoms with van der Waals surface area (Å²) in [5.74, 6) is 1.03. The number of thioether (sulfide) groups is 1. The van der Waals surface area contributed by atoms with E-state index in [4.69, 9.17) is 11.6 Å². The van der Waals surface area contributed by atoms with E-state index in [2.05, 4.69) is 21.0 Å².